The Bertz CT molecular complexity index is 7480. The van der Waals surface area contributed by atoms with E-state index >= 15 is 0 Å². The minimum atomic E-state index is -0.690. The summed E-state index contributed by atoms with van der Waals surface area (Å²) in [5.41, 5.74) is 9.89. The van der Waals surface area contributed by atoms with Crippen LogP contribution in [0.15, 0.2) is 347 Å². The third-order valence-electron chi connectivity index (χ3n) is 24.3. The Kier molecular flexibility index (Phi) is 33.8. The zero-order valence-electron chi connectivity index (χ0n) is 80.6. The molecule has 0 amide bonds. The van der Waals surface area contributed by atoms with Crippen LogP contribution < -0.4 is 44.4 Å². The maximum absolute atomic E-state index is 13.3. The number of methoxy groups -OCH3 is 1. The van der Waals surface area contributed by atoms with Gasteiger partial charge in [-0.05, 0) is 229 Å². The molecule has 1 N–H and O–H groups in total. The summed E-state index contributed by atoms with van der Waals surface area (Å²) in [7, 11) is 1.59. The van der Waals surface area contributed by atoms with Gasteiger partial charge in [-0.2, -0.15) is 0 Å². The van der Waals surface area contributed by atoms with Crippen LogP contribution >= 0.6 is 0 Å². The van der Waals surface area contributed by atoms with Gasteiger partial charge in [0.1, 0.15) is 63.6 Å². The summed E-state index contributed by atoms with van der Waals surface area (Å²) in [6, 6.07) is 87.7. The smallest absolute Gasteiger partial charge is 0.349 e. The second-order valence-electron chi connectivity index (χ2n) is 34.2. The molecule has 750 valence electrons. The Morgan fingerprint density at radius 3 is 1.16 bits per heavy atom. The molecule has 0 aliphatic carbocycles. The van der Waals surface area contributed by atoms with E-state index in [1.54, 1.807) is 128 Å². The second-order valence-corrected chi connectivity index (χ2v) is 34.2. The first-order valence-corrected chi connectivity index (χ1v) is 47.7. The first kappa shape index (κ1) is 102. The summed E-state index contributed by atoms with van der Waals surface area (Å²) < 4.78 is 94.2. The van der Waals surface area contributed by atoms with Crippen LogP contribution in [0.5, 0.6) is 40.2 Å². The third-order valence-corrected chi connectivity index (χ3v) is 24.3. The van der Waals surface area contributed by atoms with Crippen molar-refractivity contribution in [1.82, 2.24) is 0 Å². The average molecular weight is 2000 g/mol. The molecule has 0 saturated carbocycles. The van der Waals surface area contributed by atoms with Gasteiger partial charge in [-0.15, -0.1) is 0 Å². The zero-order valence-corrected chi connectivity index (χ0v) is 80.6. The van der Waals surface area contributed by atoms with Crippen molar-refractivity contribution in [1.29, 1.82) is 0 Å². The lowest BCUT2D eigenvalue weighted by Crippen LogP contribution is -2.35. The van der Waals surface area contributed by atoms with Crippen LogP contribution in [0.3, 0.4) is 0 Å². The van der Waals surface area contributed by atoms with E-state index in [-0.39, 0.29) is 64.5 Å². The second kappa shape index (κ2) is 49.3. The first-order valence-electron chi connectivity index (χ1n) is 47.7. The molecule has 19 rings (SSSR count). The number of hydrogen-bond donors (Lipinski definition) is 1. The molecule has 16 aromatic rings. The number of unbranched alkanes of at least 4 members (excludes halogenated alkanes) is 2. The minimum absolute atomic E-state index is 0.0362. The zero-order chi connectivity index (χ0) is 103. The molecule has 2 fully saturated rings. The fraction of sp³-hybridized carbons (Fsp3) is 0.157. The van der Waals surface area contributed by atoms with E-state index in [0.717, 1.165) is 123 Å². The molecule has 0 radical (unpaired) electrons. The Morgan fingerprint density at radius 2 is 0.732 bits per heavy atom. The number of carbonyl (C=O) groups excluding carboxylic acids is 8. The van der Waals surface area contributed by atoms with E-state index in [4.69, 9.17) is 85.0 Å². The van der Waals surface area contributed by atoms with Crippen molar-refractivity contribution in [2.75, 3.05) is 66.8 Å². The molecule has 0 unspecified atom stereocenters. The lowest BCUT2D eigenvalue weighted by Gasteiger charge is -2.19. The molecule has 28 heteroatoms. The lowest BCUT2D eigenvalue weighted by atomic mass is 9.91. The highest BCUT2D eigenvalue weighted by atomic mass is 16.7. The van der Waals surface area contributed by atoms with E-state index in [0.29, 0.717) is 81.4 Å². The number of rotatable bonds is 35. The van der Waals surface area contributed by atoms with E-state index in [2.05, 4.69) is 61.7 Å². The largest absolute Gasteiger partial charge is 0.497 e. The standard InChI is InChI=1S/C53H46O10.C42H26O10.C26H26O8/c1-3-48(54)58-29-5-7-31-60-52(56)40-19-13-36(14-20-40)9-11-38-17-25-44-42(33-38)23-27-46-50(44)51-45-26-18-39(34-43(45)24-28-47(51)63-35-62-46)12-10-37-15-21-41(22-16-37)53(57)61-32-8-6-30-59-49(55)4-2;43-37-19-13-27-9-15-29(21-35(27)51-37)47-23-39(45)49-33-17-11-25-5-1-3-7-31(25)41(33)42-32-8-4-2-6-26(32)12-18-34(42)50-40(46)24-48-30-16-10-28-14-20-38(44)52-36(28)22-30;1-30-20-10-6-18(7-11-20)9-13-24(29)34-22-16-32-25-21(15-31-26(22)25)33-23(28)12-8-17-2-4-19(14-27)5-3-17/h3-4,9-28,33-34H,1-2,5-8,29-32,35H2;1-22H,23-24H2;2-13,21-22,25-27H,14-16H2,1H3/b11-9-,12-10-;;12-8-,13-9-/t;;21-,22-,25-,26-/m..1/s1. The van der Waals surface area contributed by atoms with Gasteiger partial charge in [-0.25, -0.2) is 47.9 Å². The van der Waals surface area contributed by atoms with Crippen LogP contribution in [0.25, 0.3) is 124 Å². The van der Waals surface area contributed by atoms with Crippen LogP contribution in [0, 0.1) is 0 Å². The maximum Gasteiger partial charge on any atom is 0.349 e. The molecule has 149 heavy (non-hydrogen) atoms. The summed E-state index contributed by atoms with van der Waals surface area (Å²) in [5.74, 6) is -0.857. The summed E-state index contributed by atoms with van der Waals surface area (Å²) >= 11 is 0. The fourth-order valence-electron chi connectivity index (χ4n) is 16.8. The summed E-state index contributed by atoms with van der Waals surface area (Å²) in [4.78, 5) is 122. The molecule has 3 aliphatic heterocycles. The van der Waals surface area contributed by atoms with E-state index in [1.165, 1.54) is 36.4 Å². The molecule has 2 saturated heterocycles. The van der Waals surface area contributed by atoms with Crippen molar-refractivity contribution in [2.24, 2.45) is 0 Å². The van der Waals surface area contributed by atoms with Crippen LogP contribution in [-0.4, -0.2) is 144 Å². The summed E-state index contributed by atoms with van der Waals surface area (Å²) in [6.07, 6.45) is 16.5. The highest BCUT2D eigenvalue weighted by Crippen LogP contribution is 2.49. The van der Waals surface area contributed by atoms with Gasteiger partial charge in [0.2, 0.25) is 6.79 Å². The highest BCUT2D eigenvalue weighted by Gasteiger charge is 2.51. The van der Waals surface area contributed by atoms with E-state index in [1.807, 2.05) is 133 Å². The molecule has 2 aromatic heterocycles. The third kappa shape index (κ3) is 26.6. The van der Waals surface area contributed by atoms with Gasteiger partial charge in [-0.3, -0.25) is 0 Å². The molecular formula is C121H98O28. The number of hydrogen-bond acceptors (Lipinski definition) is 28. The monoisotopic (exact) mass is 2000 g/mol. The maximum atomic E-state index is 13.3. The molecule has 0 spiro atoms. The van der Waals surface area contributed by atoms with Crippen LogP contribution in [-0.2, 0) is 73.3 Å². The van der Waals surface area contributed by atoms with Crippen LogP contribution in [0.2, 0.25) is 0 Å². The SMILES string of the molecule is C=CC(=O)OCCCCOC(=O)c1ccc(/C=C\c2ccc3c4c(ccc3c2)OCOc2ccc3cc(/C=C\c5ccc(C(=O)OCCCCOC(=O)C=C)cc5)ccc3c2-4)cc1.COc1ccc(/C=C\C(=O)O[C@@H]2CO[C@H]3[C@@H]2OC[C@H]3OC(=O)/C=C\c2ccc(CO)cc2)cc1.O=C(COc1ccc2ccc(=O)oc2c1)Oc1ccc2ccccc2c1-c1c(OC(=O)COc2ccc3ccc(=O)oc3c2)ccc2ccccc12. The Hall–Kier alpha value is -18.4. The van der Waals surface area contributed by atoms with Crippen molar-refractivity contribution in [2.45, 2.75) is 56.7 Å². The quantitative estimate of drug-likeness (QED) is 0.00733. The minimum Gasteiger partial charge on any atom is -0.497 e. The van der Waals surface area contributed by atoms with Crippen LogP contribution in [0.1, 0.15) is 85.3 Å². The van der Waals surface area contributed by atoms with Crippen LogP contribution in [0.4, 0.5) is 0 Å². The Labute approximate surface area is 853 Å². The molecule has 0 bridgehead atoms. The highest BCUT2D eigenvalue weighted by molar-refractivity contribution is 6.13. The molecule has 3 aliphatic rings. The molecule has 4 atom stereocenters. The number of fused-ring (bicyclic) bond motifs is 12. The van der Waals surface area contributed by atoms with Crippen molar-refractivity contribution in [3.8, 4) is 62.5 Å². The average Bonchev–Trinajstić information content (AvgIpc) is 1.74. The topological polar surface area (TPSA) is 356 Å². The summed E-state index contributed by atoms with van der Waals surface area (Å²) in [6.45, 7) is 7.21. The van der Waals surface area contributed by atoms with E-state index < -0.39 is 96.6 Å². The number of aliphatic hydroxyl groups excluding tert-OH is 1. The van der Waals surface area contributed by atoms with Crippen molar-refractivity contribution < 1.29 is 123 Å². The van der Waals surface area contributed by atoms with Crippen molar-refractivity contribution >= 4 is 149 Å². The Morgan fingerprint density at radius 1 is 0.362 bits per heavy atom. The predicted molar refractivity (Wildman–Crippen MR) is 562 cm³/mol. The van der Waals surface area contributed by atoms with Gasteiger partial charge in [0.25, 0.3) is 0 Å². The number of benzene rings is 14. The van der Waals surface area contributed by atoms with Gasteiger partial charge in [0.05, 0.1) is 64.5 Å². The normalized spacial score (nSPS) is 14.3. The molecule has 5 heterocycles. The first-order chi connectivity index (χ1) is 72.7. The van der Waals surface area contributed by atoms with Gasteiger partial charge in [0, 0.05) is 81.6 Å². The predicted octanol–water partition coefficient (Wildman–Crippen LogP) is 21.4. The molecule has 14 aromatic carbocycles. The van der Waals surface area contributed by atoms with Gasteiger partial charge < -0.3 is 85.0 Å². The number of aliphatic hydroxyl groups is 1. The number of ether oxygens (including phenoxy) is 15. The van der Waals surface area contributed by atoms with Crippen molar-refractivity contribution in [3.05, 3.63) is 400 Å². The fourth-order valence-corrected chi connectivity index (χ4v) is 16.8. The van der Waals surface area contributed by atoms with Gasteiger partial charge in [0.15, 0.2) is 25.4 Å². The lowest BCUT2D eigenvalue weighted by molar-refractivity contribution is -0.149. The molecular weight excluding hydrogens is 1900 g/mol. The van der Waals surface area contributed by atoms with Crippen molar-refractivity contribution in [3.63, 3.8) is 0 Å². The molecule has 28 nitrogen and oxygen atoms in total. The van der Waals surface area contributed by atoms with Gasteiger partial charge >= 0.3 is 59.0 Å². The van der Waals surface area contributed by atoms with Gasteiger partial charge in [-0.1, -0.05) is 195 Å². The number of carbonyl (C=O) groups is 8. The van der Waals surface area contributed by atoms with E-state index in [9.17, 15) is 47.9 Å². The summed E-state index contributed by atoms with van der Waals surface area (Å²) in [5, 5.41) is 17.9. The Balaban J connectivity index is 0.000000159. The number of esters is 8.